The van der Waals surface area contributed by atoms with E-state index < -0.39 is 0 Å². The van der Waals surface area contributed by atoms with E-state index in [1.165, 1.54) is 45.2 Å². The number of piperidine rings is 2. The summed E-state index contributed by atoms with van der Waals surface area (Å²) in [6.45, 7) is 3.27. The van der Waals surface area contributed by atoms with Crippen molar-refractivity contribution in [2.75, 3.05) is 32.1 Å². The fourth-order valence-corrected chi connectivity index (χ4v) is 5.50. The average molecular weight is 471 g/mol. The number of hydrogen-bond acceptors (Lipinski definition) is 4. The van der Waals surface area contributed by atoms with Crippen molar-refractivity contribution in [3.05, 3.63) is 78.4 Å². The molecule has 2 aliphatic heterocycles. The molecule has 0 aromatic heterocycles. The van der Waals surface area contributed by atoms with Crippen molar-refractivity contribution in [2.24, 2.45) is 5.92 Å². The van der Waals surface area contributed by atoms with Gasteiger partial charge in [-0.15, -0.1) is 0 Å². The summed E-state index contributed by atoms with van der Waals surface area (Å²) < 4.78 is 11.6. The average Bonchev–Trinajstić information content (AvgIpc) is 2.92. The first-order chi connectivity index (χ1) is 17.2. The van der Waals surface area contributed by atoms with E-state index in [-0.39, 0.29) is 5.91 Å². The zero-order chi connectivity index (χ0) is 24.0. The number of amides is 1. The molecule has 35 heavy (non-hydrogen) atoms. The van der Waals surface area contributed by atoms with Gasteiger partial charge in [-0.1, -0.05) is 36.8 Å². The smallest absolute Gasteiger partial charge is 0.255 e. The third-order valence-electron chi connectivity index (χ3n) is 7.37. The molecule has 0 bridgehead atoms. The fourth-order valence-electron chi connectivity index (χ4n) is 5.50. The number of fused-ring (bicyclic) bond motifs is 1. The Morgan fingerprint density at radius 2 is 1.69 bits per heavy atom. The SMILES string of the molecule is COc1ccccc1-c1ccc(C(=O)Nc2ccc(OC[C@@H]3CCCN4CCCC[C@H]34)cc2)cc1. The van der Waals surface area contributed by atoms with Crippen molar-refractivity contribution >= 4 is 11.6 Å². The van der Waals surface area contributed by atoms with Gasteiger partial charge in [0.25, 0.3) is 5.91 Å². The van der Waals surface area contributed by atoms with Gasteiger partial charge < -0.3 is 14.8 Å². The van der Waals surface area contributed by atoms with Gasteiger partial charge >= 0.3 is 0 Å². The van der Waals surface area contributed by atoms with Crippen LogP contribution in [-0.4, -0.2) is 43.7 Å². The van der Waals surface area contributed by atoms with Crippen LogP contribution in [0.5, 0.6) is 11.5 Å². The number of carbonyl (C=O) groups excluding carboxylic acids is 1. The van der Waals surface area contributed by atoms with E-state index in [2.05, 4.69) is 10.2 Å². The van der Waals surface area contributed by atoms with E-state index in [9.17, 15) is 4.79 Å². The number of rotatable bonds is 7. The number of methoxy groups -OCH3 is 1. The Kier molecular flexibility index (Phi) is 7.34. The van der Waals surface area contributed by atoms with E-state index in [0.717, 1.165) is 34.9 Å². The highest BCUT2D eigenvalue weighted by Crippen LogP contribution is 2.32. The first-order valence-corrected chi connectivity index (χ1v) is 12.7. The fraction of sp³-hybridized carbons (Fsp3) is 0.367. The zero-order valence-electron chi connectivity index (χ0n) is 20.4. The van der Waals surface area contributed by atoms with Crippen LogP contribution in [0.25, 0.3) is 11.1 Å². The Hall–Kier alpha value is -3.31. The van der Waals surface area contributed by atoms with Crippen molar-refractivity contribution in [2.45, 2.75) is 38.1 Å². The maximum absolute atomic E-state index is 12.8. The maximum atomic E-state index is 12.8. The summed E-state index contributed by atoms with van der Waals surface area (Å²) >= 11 is 0. The molecule has 0 aliphatic carbocycles. The van der Waals surface area contributed by atoms with E-state index in [1.54, 1.807) is 7.11 Å². The summed E-state index contributed by atoms with van der Waals surface area (Å²) in [6.07, 6.45) is 6.51. The molecular weight excluding hydrogens is 436 g/mol. The van der Waals surface area contributed by atoms with Gasteiger partial charge in [-0.25, -0.2) is 0 Å². The van der Waals surface area contributed by atoms with Crippen LogP contribution in [-0.2, 0) is 0 Å². The molecule has 0 unspecified atom stereocenters. The quantitative estimate of drug-likeness (QED) is 0.443. The Morgan fingerprint density at radius 3 is 2.49 bits per heavy atom. The van der Waals surface area contributed by atoms with E-state index in [1.807, 2.05) is 72.8 Å². The summed E-state index contributed by atoms with van der Waals surface area (Å²) in [7, 11) is 1.66. The number of carbonyl (C=O) groups is 1. The van der Waals surface area contributed by atoms with Crippen molar-refractivity contribution in [3.8, 4) is 22.6 Å². The predicted octanol–water partition coefficient (Wildman–Crippen LogP) is 6.26. The number of nitrogens with zero attached hydrogens (tertiary/aromatic N) is 1. The van der Waals surface area contributed by atoms with Gasteiger partial charge in [0, 0.05) is 28.8 Å². The van der Waals surface area contributed by atoms with Crippen LogP contribution >= 0.6 is 0 Å². The lowest BCUT2D eigenvalue weighted by Crippen LogP contribution is -2.49. The highest BCUT2D eigenvalue weighted by molar-refractivity contribution is 6.04. The van der Waals surface area contributed by atoms with Crippen LogP contribution in [0.15, 0.2) is 72.8 Å². The monoisotopic (exact) mass is 470 g/mol. The number of benzene rings is 3. The molecular formula is C30H34N2O3. The van der Waals surface area contributed by atoms with Crippen molar-refractivity contribution in [3.63, 3.8) is 0 Å². The third kappa shape index (κ3) is 5.51. The molecule has 0 saturated carbocycles. The summed E-state index contributed by atoms with van der Waals surface area (Å²) in [5.74, 6) is 2.15. The molecule has 2 fully saturated rings. The summed E-state index contributed by atoms with van der Waals surface area (Å²) in [6, 6.07) is 23.8. The molecule has 3 aromatic carbocycles. The Balaban J connectivity index is 1.16. The van der Waals surface area contributed by atoms with Crippen LogP contribution < -0.4 is 14.8 Å². The molecule has 0 spiro atoms. The first-order valence-electron chi connectivity index (χ1n) is 12.7. The second kappa shape index (κ2) is 11.0. The normalized spacial score (nSPS) is 20.0. The van der Waals surface area contributed by atoms with E-state index in [0.29, 0.717) is 17.5 Å². The summed E-state index contributed by atoms with van der Waals surface area (Å²) in [5, 5.41) is 2.98. The molecule has 2 aliphatic rings. The Morgan fingerprint density at radius 1 is 0.914 bits per heavy atom. The maximum Gasteiger partial charge on any atom is 0.255 e. The predicted molar refractivity (Wildman–Crippen MR) is 140 cm³/mol. The van der Waals surface area contributed by atoms with Crippen molar-refractivity contribution in [1.29, 1.82) is 0 Å². The van der Waals surface area contributed by atoms with Crippen LogP contribution in [0, 0.1) is 5.92 Å². The molecule has 5 heteroatoms. The highest BCUT2D eigenvalue weighted by Gasteiger charge is 2.33. The topological polar surface area (TPSA) is 50.8 Å². The minimum atomic E-state index is -0.134. The van der Waals surface area contributed by atoms with Crippen molar-refractivity contribution in [1.82, 2.24) is 4.90 Å². The number of para-hydroxylation sites is 1. The molecule has 0 radical (unpaired) electrons. The van der Waals surface area contributed by atoms with Gasteiger partial charge in [0.15, 0.2) is 0 Å². The van der Waals surface area contributed by atoms with Crippen LogP contribution in [0.4, 0.5) is 5.69 Å². The van der Waals surface area contributed by atoms with E-state index in [4.69, 9.17) is 9.47 Å². The van der Waals surface area contributed by atoms with Gasteiger partial charge in [0.1, 0.15) is 11.5 Å². The lowest BCUT2D eigenvalue weighted by molar-refractivity contribution is 0.0366. The van der Waals surface area contributed by atoms with Gasteiger partial charge in [-0.05, 0) is 86.8 Å². The standard InChI is InChI=1S/C30H34N2O3/c1-34-29-10-3-2-8-27(29)22-11-13-23(14-12-22)30(33)31-25-15-17-26(18-16-25)35-21-24-7-6-20-32-19-5-4-9-28(24)32/h2-3,8,10-18,24,28H,4-7,9,19-21H2,1H3,(H,31,33)/t24-,28+/m0/s1. The number of anilines is 1. The second-order valence-electron chi connectivity index (χ2n) is 9.57. The summed E-state index contributed by atoms with van der Waals surface area (Å²) in [4.78, 5) is 15.4. The summed E-state index contributed by atoms with van der Waals surface area (Å²) in [5.41, 5.74) is 3.38. The lowest BCUT2D eigenvalue weighted by Gasteiger charge is -2.44. The Labute approximate surface area is 208 Å². The minimum absolute atomic E-state index is 0.134. The molecule has 5 rings (SSSR count). The Bertz CT molecular complexity index is 1130. The zero-order valence-corrected chi connectivity index (χ0v) is 20.4. The largest absolute Gasteiger partial charge is 0.496 e. The number of nitrogens with one attached hydrogen (secondary N) is 1. The minimum Gasteiger partial charge on any atom is -0.496 e. The molecule has 5 nitrogen and oxygen atoms in total. The van der Waals surface area contributed by atoms with Crippen LogP contribution in [0.2, 0.25) is 0 Å². The number of hydrogen-bond donors (Lipinski definition) is 1. The van der Waals surface area contributed by atoms with Crippen LogP contribution in [0.3, 0.4) is 0 Å². The molecule has 1 N–H and O–H groups in total. The molecule has 1 amide bonds. The lowest BCUT2D eigenvalue weighted by atomic mass is 9.84. The van der Waals surface area contributed by atoms with Crippen molar-refractivity contribution < 1.29 is 14.3 Å². The third-order valence-corrected chi connectivity index (χ3v) is 7.37. The van der Waals surface area contributed by atoms with Gasteiger partial charge in [0.05, 0.1) is 13.7 Å². The molecule has 182 valence electrons. The molecule has 2 atom stereocenters. The van der Waals surface area contributed by atoms with Gasteiger partial charge in [0.2, 0.25) is 0 Å². The first kappa shape index (κ1) is 23.4. The molecule has 2 heterocycles. The molecule has 2 saturated heterocycles. The highest BCUT2D eigenvalue weighted by atomic mass is 16.5. The molecule has 3 aromatic rings. The van der Waals surface area contributed by atoms with E-state index >= 15 is 0 Å². The number of ether oxygens (including phenoxy) is 2. The van der Waals surface area contributed by atoms with Gasteiger partial charge in [-0.2, -0.15) is 0 Å². The van der Waals surface area contributed by atoms with Crippen LogP contribution in [0.1, 0.15) is 42.5 Å². The van der Waals surface area contributed by atoms with Gasteiger partial charge in [-0.3, -0.25) is 9.69 Å². The second-order valence-corrected chi connectivity index (χ2v) is 9.57.